The first-order valence-electron chi connectivity index (χ1n) is 8.65. The Balaban J connectivity index is 1.71. The molecule has 0 radical (unpaired) electrons. The van der Waals surface area contributed by atoms with Crippen molar-refractivity contribution in [2.45, 2.75) is 19.6 Å². The Morgan fingerprint density at radius 2 is 1.76 bits per heavy atom. The van der Waals surface area contributed by atoms with Crippen molar-refractivity contribution in [3.63, 3.8) is 0 Å². The molecular formula is C21H17F3N2O3. The van der Waals surface area contributed by atoms with Gasteiger partial charge in [-0.2, -0.15) is 13.2 Å². The lowest BCUT2D eigenvalue weighted by molar-refractivity contribution is -0.385. The highest BCUT2D eigenvalue weighted by Crippen LogP contribution is 2.37. The van der Waals surface area contributed by atoms with Crippen LogP contribution in [0.2, 0.25) is 0 Å². The summed E-state index contributed by atoms with van der Waals surface area (Å²) in [6.45, 7) is 2.56. The van der Waals surface area contributed by atoms with E-state index in [1.54, 1.807) is 24.3 Å². The van der Waals surface area contributed by atoms with Gasteiger partial charge < -0.3 is 10.1 Å². The standard InChI is InChI=1S/C21H17F3N2O3/c1-14-3-2-4-17(11-14)25-13-15-5-8-18(9-6-15)29-20-10-7-16(21(22,23)24)12-19(20)26(27)28/h2-12,25H,13H2,1H3. The van der Waals surface area contributed by atoms with Crippen molar-refractivity contribution in [2.24, 2.45) is 0 Å². The summed E-state index contributed by atoms with van der Waals surface area (Å²) in [6.07, 6.45) is -4.67. The van der Waals surface area contributed by atoms with Crippen LogP contribution in [0, 0.1) is 17.0 Å². The first-order valence-corrected chi connectivity index (χ1v) is 8.65. The van der Waals surface area contributed by atoms with Crippen LogP contribution in [0.5, 0.6) is 11.5 Å². The number of aryl methyl sites for hydroxylation is 1. The maximum absolute atomic E-state index is 12.8. The highest BCUT2D eigenvalue weighted by Gasteiger charge is 2.33. The van der Waals surface area contributed by atoms with Crippen molar-refractivity contribution in [1.29, 1.82) is 0 Å². The monoisotopic (exact) mass is 402 g/mol. The van der Waals surface area contributed by atoms with Crippen LogP contribution >= 0.6 is 0 Å². The Labute approximate surface area is 164 Å². The molecule has 29 heavy (non-hydrogen) atoms. The third-order valence-corrected chi connectivity index (χ3v) is 4.15. The molecule has 0 aliphatic heterocycles. The van der Waals surface area contributed by atoms with Gasteiger partial charge in [0.25, 0.3) is 0 Å². The van der Waals surface area contributed by atoms with E-state index >= 15 is 0 Å². The van der Waals surface area contributed by atoms with E-state index in [4.69, 9.17) is 4.74 Å². The molecule has 0 saturated carbocycles. The lowest BCUT2D eigenvalue weighted by Crippen LogP contribution is -2.06. The topological polar surface area (TPSA) is 64.4 Å². The number of nitrogens with one attached hydrogen (secondary N) is 1. The molecule has 3 rings (SSSR count). The van der Waals surface area contributed by atoms with Gasteiger partial charge in [0.15, 0.2) is 0 Å². The molecule has 5 nitrogen and oxygen atoms in total. The minimum absolute atomic E-state index is 0.256. The molecule has 0 amide bonds. The van der Waals surface area contributed by atoms with Crippen LogP contribution in [0.1, 0.15) is 16.7 Å². The second kappa shape index (κ2) is 8.22. The molecule has 0 aliphatic rings. The molecule has 0 heterocycles. The molecular weight excluding hydrogens is 385 g/mol. The Morgan fingerprint density at radius 3 is 2.38 bits per heavy atom. The number of hydrogen-bond donors (Lipinski definition) is 1. The second-order valence-electron chi connectivity index (χ2n) is 6.41. The van der Waals surface area contributed by atoms with E-state index in [1.807, 2.05) is 31.2 Å². The Morgan fingerprint density at radius 1 is 1.03 bits per heavy atom. The highest BCUT2D eigenvalue weighted by atomic mass is 19.4. The van der Waals surface area contributed by atoms with E-state index in [2.05, 4.69) is 5.32 Å². The summed E-state index contributed by atoms with van der Waals surface area (Å²) in [5.41, 5.74) is 1.21. The van der Waals surface area contributed by atoms with Crippen LogP contribution in [-0.2, 0) is 12.7 Å². The summed E-state index contributed by atoms with van der Waals surface area (Å²) >= 11 is 0. The molecule has 1 N–H and O–H groups in total. The van der Waals surface area contributed by atoms with Crippen molar-refractivity contribution in [2.75, 3.05) is 5.32 Å². The van der Waals surface area contributed by atoms with Crippen molar-refractivity contribution in [3.8, 4) is 11.5 Å². The third kappa shape index (κ3) is 5.25. The zero-order valence-corrected chi connectivity index (χ0v) is 15.4. The molecule has 0 aliphatic carbocycles. The average Bonchev–Trinajstić information content (AvgIpc) is 2.67. The quantitative estimate of drug-likeness (QED) is 0.387. The zero-order chi connectivity index (χ0) is 21.0. The fourth-order valence-corrected chi connectivity index (χ4v) is 2.68. The van der Waals surface area contributed by atoms with E-state index in [9.17, 15) is 23.3 Å². The SMILES string of the molecule is Cc1cccc(NCc2ccc(Oc3ccc(C(F)(F)F)cc3[N+](=O)[O-])cc2)c1. The summed E-state index contributed by atoms with van der Waals surface area (Å²) in [4.78, 5) is 10.2. The van der Waals surface area contributed by atoms with Gasteiger partial charge in [-0.1, -0.05) is 24.3 Å². The van der Waals surface area contributed by atoms with Crippen LogP contribution in [0.3, 0.4) is 0 Å². The largest absolute Gasteiger partial charge is 0.450 e. The van der Waals surface area contributed by atoms with E-state index in [0.717, 1.165) is 28.9 Å². The predicted octanol–water partition coefficient (Wildman–Crippen LogP) is 6.33. The van der Waals surface area contributed by atoms with Gasteiger partial charge in [0.05, 0.1) is 10.5 Å². The number of hydrogen-bond acceptors (Lipinski definition) is 4. The van der Waals surface area contributed by atoms with Crippen LogP contribution in [-0.4, -0.2) is 4.92 Å². The first-order chi connectivity index (χ1) is 13.7. The van der Waals surface area contributed by atoms with Crippen molar-refractivity contribution >= 4 is 11.4 Å². The van der Waals surface area contributed by atoms with Crippen molar-refractivity contribution in [1.82, 2.24) is 0 Å². The normalized spacial score (nSPS) is 11.2. The van der Waals surface area contributed by atoms with Gasteiger partial charge in [-0.05, 0) is 54.4 Å². The number of benzene rings is 3. The predicted molar refractivity (Wildman–Crippen MR) is 103 cm³/mol. The minimum Gasteiger partial charge on any atom is -0.450 e. The lowest BCUT2D eigenvalue weighted by atomic mass is 10.1. The van der Waals surface area contributed by atoms with Crippen molar-refractivity contribution < 1.29 is 22.8 Å². The summed E-state index contributed by atoms with van der Waals surface area (Å²) < 4.78 is 43.8. The first kappa shape index (κ1) is 20.2. The van der Waals surface area contributed by atoms with E-state index in [0.29, 0.717) is 12.6 Å². The van der Waals surface area contributed by atoms with Gasteiger partial charge >= 0.3 is 11.9 Å². The van der Waals surface area contributed by atoms with Gasteiger partial charge in [-0.25, -0.2) is 0 Å². The molecule has 0 unspecified atom stereocenters. The molecule has 8 heteroatoms. The number of ether oxygens (including phenoxy) is 1. The molecule has 0 fully saturated rings. The molecule has 3 aromatic rings. The van der Waals surface area contributed by atoms with Gasteiger partial charge in [0.2, 0.25) is 5.75 Å². The molecule has 0 saturated heterocycles. The Hall–Kier alpha value is -3.55. The summed E-state index contributed by atoms with van der Waals surface area (Å²) in [7, 11) is 0. The number of alkyl halides is 3. The number of nitrogens with zero attached hydrogens (tertiary/aromatic N) is 1. The fraction of sp³-hybridized carbons (Fsp3) is 0.143. The van der Waals surface area contributed by atoms with Gasteiger partial charge in [-0.3, -0.25) is 10.1 Å². The van der Waals surface area contributed by atoms with E-state index in [1.165, 1.54) is 0 Å². The van der Waals surface area contributed by atoms with Crippen molar-refractivity contribution in [3.05, 3.63) is 93.5 Å². The third-order valence-electron chi connectivity index (χ3n) is 4.15. The van der Waals surface area contributed by atoms with Gasteiger partial charge in [0, 0.05) is 18.3 Å². The number of halogens is 3. The maximum Gasteiger partial charge on any atom is 0.416 e. The summed E-state index contributed by atoms with van der Waals surface area (Å²) in [6, 6.07) is 16.8. The number of nitro benzene ring substituents is 1. The molecule has 0 aromatic heterocycles. The second-order valence-corrected chi connectivity index (χ2v) is 6.41. The molecule has 0 spiro atoms. The lowest BCUT2D eigenvalue weighted by Gasteiger charge is -2.11. The Bertz CT molecular complexity index is 1020. The van der Waals surface area contributed by atoms with Crippen LogP contribution in [0.4, 0.5) is 24.5 Å². The molecule has 3 aromatic carbocycles. The molecule has 0 atom stereocenters. The maximum atomic E-state index is 12.8. The van der Waals surface area contributed by atoms with E-state index in [-0.39, 0.29) is 11.5 Å². The summed E-state index contributed by atoms with van der Waals surface area (Å²) in [5, 5.41) is 14.4. The zero-order valence-electron chi connectivity index (χ0n) is 15.4. The van der Waals surface area contributed by atoms with Crippen LogP contribution < -0.4 is 10.1 Å². The fourth-order valence-electron chi connectivity index (χ4n) is 2.68. The van der Waals surface area contributed by atoms with E-state index < -0.39 is 22.4 Å². The highest BCUT2D eigenvalue weighted by molar-refractivity contribution is 5.51. The molecule has 0 bridgehead atoms. The molecule has 150 valence electrons. The van der Waals surface area contributed by atoms with Crippen LogP contribution in [0.25, 0.3) is 0 Å². The number of nitro groups is 1. The Kier molecular flexibility index (Phi) is 5.72. The average molecular weight is 402 g/mol. The number of anilines is 1. The smallest absolute Gasteiger partial charge is 0.416 e. The van der Waals surface area contributed by atoms with Gasteiger partial charge in [0.1, 0.15) is 5.75 Å². The summed E-state index contributed by atoms with van der Waals surface area (Å²) in [5.74, 6) is 0.0285. The number of rotatable bonds is 6. The minimum atomic E-state index is -4.67. The van der Waals surface area contributed by atoms with Crippen LogP contribution in [0.15, 0.2) is 66.7 Å². The van der Waals surface area contributed by atoms with Gasteiger partial charge in [-0.15, -0.1) is 0 Å².